The average molecular weight is 518 g/mol. The molecular weight excluding hydrogens is 490 g/mol. The molecule has 196 valence electrons. The summed E-state index contributed by atoms with van der Waals surface area (Å²) < 4.78 is 21.6. The minimum Gasteiger partial charge on any atom is -0.486 e. The largest absolute Gasteiger partial charge is 0.486 e. The summed E-state index contributed by atoms with van der Waals surface area (Å²) in [5, 5.41) is 10.2. The fraction of sp³-hybridized carbons (Fsp3) is 0.286. The van der Waals surface area contributed by atoms with Crippen molar-refractivity contribution in [3.8, 4) is 17.6 Å². The number of Topliss-reactive ketones (excluding diaryl/α,β-unsaturated/α-hetero) is 1. The molecule has 0 amide bonds. The van der Waals surface area contributed by atoms with E-state index in [-0.39, 0.29) is 52.7 Å². The van der Waals surface area contributed by atoms with Crippen molar-refractivity contribution in [1.82, 2.24) is 0 Å². The van der Waals surface area contributed by atoms with E-state index in [0.29, 0.717) is 30.1 Å². The highest BCUT2D eigenvalue weighted by molar-refractivity contribution is 6.09. The standard InChI is InChI=1S/C28H27N3O7/c1-4-8-20(32)17-13-21-22(38-12-11-37-21)14-19(17)31-25(28(34)36-3)24(27(33)35-2)23(18(15-29)26(31)30)16-9-6-5-7-10-16/h5-7,9-10,13-14,23H,4,8,11-12,30H2,1-3H3. The maximum absolute atomic E-state index is 13.4. The molecule has 2 aliphatic heterocycles. The Morgan fingerprint density at radius 1 is 1.05 bits per heavy atom. The minimum absolute atomic E-state index is 0.00645. The van der Waals surface area contributed by atoms with Gasteiger partial charge in [-0.05, 0) is 18.1 Å². The van der Waals surface area contributed by atoms with Crippen molar-refractivity contribution >= 4 is 23.4 Å². The van der Waals surface area contributed by atoms with Gasteiger partial charge in [0.05, 0.1) is 43.0 Å². The molecular formula is C28H27N3O7. The van der Waals surface area contributed by atoms with Gasteiger partial charge in [0.15, 0.2) is 17.3 Å². The first-order chi connectivity index (χ1) is 18.4. The Labute approximate surface area is 219 Å². The van der Waals surface area contributed by atoms with Crippen molar-refractivity contribution in [3.63, 3.8) is 0 Å². The second kappa shape index (κ2) is 11.1. The number of methoxy groups -OCH3 is 2. The van der Waals surface area contributed by atoms with Crippen LogP contribution in [0.3, 0.4) is 0 Å². The number of nitrogens with zero attached hydrogens (tertiary/aromatic N) is 2. The van der Waals surface area contributed by atoms with Crippen molar-refractivity contribution in [3.05, 3.63) is 76.3 Å². The number of hydrogen-bond donors (Lipinski definition) is 1. The fourth-order valence-electron chi connectivity index (χ4n) is 4.61. The van der Waals surface area contributed by atoms with Gasteiger partial charge in [0.25, 0.3) is 0 Å². The van der Waals surface area contributed by atoms with Gasteiger partial charge in [0.2, 0.25) is 0 Å². The van der Waals surface area contributed by atoms with E-state index in [2.05, 4.69) is 6.07 Å². The number of nitrogens with two attached hydrogens (primary N) is 1. The predicted molar refractivity (Wildman–Crippen MR) is 136 cm³/mol. The van der Waals surface area contributed by atoms with Gasteiger partial charge >= 0.3 is 11.9 Å². The van der Waals surface area contributed by atoms with Crippen LogP contribution in [0.15, 0.2) is 65.1 Å². The lowest BCUT2D eigenvalue weighted by atomic mass is 9.80. The molecule has 2 aromatic carbocycles. The van der Waals surface area contributed by atoms with Crippen LogP contribution in [0, 0.1) is 11.3 Å². The molecule has 10 heteroatoms. The van der Waals surface area contributed by atoms with Crippen LogP contribution in [0.25, 0.3) is 0 Å². The molecule has 0 aromatic heterocycles. The van der Waals surface area contributed by atoms with Crippen LogP contribution < -0.4 is 20.1 Å². The van der Waals surface area contributed by atoms with E-state index < -0.39 is 17.9 Å². The summed E-state index contributed by atoms with van der Waals surface area (Å²) >= 11 is 0. The minimum atomic E-state index is -1.02. The lowest BCUT2D eigenvalue weighted by Crippen LogP contribution is -2.41. The van der Waals surface area contributed by atoms with Gasteiger partial charge < -0.3 is 24.7 Å². The molecule has 0 saturated carbocycles. The Bertz CT molecular complexity index is 1390. The number of ether oxygens (including phenoxy) is 4. The fourth-order valence-corrected chi connectivity index (χ4v) is 4.61. The van der Waals surface area contributed by atoms with Crippen LogP contribution in [0.2, 0.25) is 0 Å². The Hall–Kier alpha value is -4.78. The molecule has 1 atom stereocenters. The zero-order valence-electron chi connectivity index (χ0n) is 21.3. The lowest BCUT2D eigenvalue weighted by Gasteiger charge is -2.37. The number of nitriles is 1. The number of hydrogen-bond acceptors (Lipinski definition) is 10. The molecule has 38 heavy (non-hydrogen) atoms. The molecule has 2 aromatic rings. The van der Waals surface area contributed by atoms with Gasteiger partial charge in [-0.1, -0.05) is 37.3 Å². The first-order valence-corrected chi connectivity index (χ1v) is 12.0. The number of fused-ring (bicyclic) bond motifs is 1. The summed E-state index contributed by atoms with van der Waals surface area (Å²) in [4.78, 5) is 41.1. The van der Waals surface area contributed by atoms with Crippen molar-refractivity contribution in [2.75, 3.05) is 32.3 Å². The summed E-state index contributed by atoms with van der Waals surface area (Å²) in [6, 6.07) is 13.8. The highest BCUT2D eigenvalue weighted by Crippen LogP contribution is 2.46. The number of rotatable bonds is 7. The van der Waals surface area contributed by atoms with Crippen LogP contribution in [0.4, 0.5) is 5.69 Å². The van der Waals surface area contributed by atoms with Gasteiger partial charge in [-0.25, -0.2) is 9.59 Å². The quantitative estimate of drug-likeness (QED) is 0.429. The maximum atomic E-state index is 13.4. The van der Waals surface area contributed by atoms with Gasteiger partial charge in [-0.2, -0.15) is 5.26 Å². The van der Waals surface area contributed by atoms with Crippen LogP contribution in [0.5, 0.6) is 11.5 Å². The van der Waals surface area contributed by atoms with Crippen molar-refractivity contribution in [2.24, 2.45) is 5.73 Å². The number of anilines is 1. The van der Waals surface area contributed by atoms with Crippen molar-refractivity contribution < 1.29 is 33.3 Å². The van der Waals surface area contributed by atoms with Crippen LogP contribution in [-0.4, -0.2) is 45.2 Å². The molecule has 2 aliphatic rings. The topological polar surface area (TPSA) is 141 Å². The highest BCUT2D eigenvalue weighted by Gasteiger charge is 2.44. The van der Waals surface area contributed by atoms with E-state index in [1.54, 1.807) is 30.3 Å². The van der Waals surface area contributed by atoms with Crippen LogP contribution in [0.1, 0.15) is 41.6 Å². The first kappa shape index (κ1) is 26.3. The number of carbonyl (C=O) groups is 3. The molecule has 0 saturated heterocycles. The third-order valence-corrected chi connectivity index (χ3v) is 6.29. The van der Waals surface area contributed by atoms with E-state index in [0.717, 1.165) is 7.11 Å². The molecule has 0 spiro atoms. The van der Waals surface area contributed by atoms with Crippen LogP contribution >= 0.6 is 0 Å². The zero-order valence-corrected chi connectivity index (χ0v) is 21.3. The van der Waals surface area contributed by atoms with E-state index in [9.17, 15) is 19.6 Å². The van der Waals surface area contributed by atoms with Gasteiger partial charge in [-0.15, -0.1) is 0 Å². The number of benzene rings is 2. The first-order valence-electron chi connectivity index (χ1n) is 12.0. The normalized spacial score (nSPS) is 16.6. The summed E-state index contributed by atoms with van der Waals surface area (Å²) in [6.07, 6.45) is 0.758. The monoisotopic (exact) mass is 517 g/mol. The second-order valence-corrected chi connectivity index (χ2v) is 8.52. The molecule has 0 bridgehead atoms. The Balaban J connectivity index is 2.10. The van der Waals surface area contributed by atoms with Gasteiger partial charge in [-0.3, -0.25) is 9.69 Å². The Morgan fingerprint density at radius 2 is 1.68 bits per heavy atom. The molecule has 2 N–H and O–H groups in total. The molecule has 0 fully saturated rings. The number of ketones is 1. The molecule has 0 aliphatic carbocycles. The molecule has 0 radical (unpaired) electrons. The lowest BCUT2D eigenvalue weighted by molar-refractivity contribution is -0.139. The highest BCUT2D eigenvalue weighted by atomic mass is 16.6. The summed E-state index contributed by atoms with van der Waals surface area (Å²) in [6.45, 7) is 2.43. The Morgan fingerprint density at radius 3 is 2.26 bits per heavy atom. The van der Waals surface area contributed by atoms with Gasteiger partial charge in [0, 0.05) is 18.1 Å². The summed E-state index contributed by atoms with van der Waals surface area (Å²) in [7, 11) is 2.33. The third kappa shape index (κ3) is 4.54. The number of esters is 2. The summed E-state index contributed by atoms with van der Waals surface area (Å²) in [5.74, 6) is -2.50. The smallest absolute Gasteiger partial charge is 0.355 e. The van der Waals surface area contributed by atoms with Gasteiger partial charge in [0.1, 0.15) is 24.7 Å². The van der Waals surface area contributed by atoms with Crippen LogP contribution in [-0.2, 0) is 19.1 Å². The van der Waals surface area contributed by atoms with E-state index in [4.69, 9.17) is 24.7 Å². The zero-order chi connectivity index (χ0) is 27.4. The molecule has 1 unspecified atom stereocenters. The maximum Gasteiger partial charge on any atom is 0.355 e. The second-order valence-electron chi connectivity index (χ2n) is 8.52. The third-order valence-electron chi connectivity index (χ3n) is 6.29. The molecule has 4 rings (SSSR count). The number of carbonyl (C=O) groups excluding carboxylic acids is 3. The van der Waals surface area contributed by atoms with E-state index >= 15 is 0 Å². The number of allylic oxidation sites excluding steroid dienone is 1. The Kier molecular flexibility index (Phi) is 7.67. The van der Waals surface area contributed by atoms with E-state index in [1.807, 2.05) is 6.92 Å². The van der Waals surface area contributed by atoms with E-state index in [1.165, 1.54) is 24.1 Å². The molecule has 2 heterocycles. The average Bonchev–Trinajstić information content (AvgIpc) is 2.95. The predicted octanol–water partition coefficient (Wildman–Crippen LogP) is 3.34. The summed E-state index contributed by atoms with van der Waals surface area (Å²) in [5.41, 5.74) is 7.04. The molecule has 10 nitrogen and oxygen atoms in total. The van der Waals surface area contributed by atoms with Crippen molar-refractivity contribution in [1.29, 1.82) is 5.26 Å². The van der Waals surface area contributed by atoms with Crippen molar-refractivity contribution in [2.45, 2.75) is 25.7 Å². The SMILES string of the molecule is CCCC(=O)c1cc2c(cc1N1C(N)=C(C#N)C(c3ccccc3)C(C(=O)OC)=C1C(=O)OC)OCCO2.